The minimum Gasteiger partial charge on any atom is -0.451 e. The average Bonchev–Trinajstić information content (AvgIpc) is 2.36. The van der Waals surface area contributed by atoms with Gasteiger partial charge in [0.2, 0.25) is 0 Å². The molecule has 0 aromatic heterocycles. The monoisotopic (exact) mass is 262 g/mol. The van der Waals surface area contributed by atoms with E-state index in [-0.39, 0.29) is 22.8 Å². The number of aryl methyl sites for hydroxylation is 1. The molecule has 2 aromatic rings. The second-order valence-corrected chi connectivity index (χ2v) is 4.24. The zero-order valence-electron chi connectivity index (χ0n) is 10.5. The molecule has 2 aromatic carbocycles. The largest absolute Gasteiger partial charge is 0.451 e. The molecule has 98 valence electrons. The topological polar surface area (TPSA) is 26.3 Å². The fourth-order valence-corrected chi connectivity index (χ4v) is 1.61. The van der Waals surface area contributed by atoms with E-state index in [2.05, 4.69) is 0 Å². The quantitative estimate of drug-likeness (QED) is 0.772. The Kier molecular flexibility index (Phi) is 3.60. The summed E-state index contributed by atoms with van der Waals surface area (Å²) >= 11 is 0. The first-order valence-corrected chi connectivity index (χ1v) is 5.72. The highest BCUT2D eigenvalue weighted by molar-refractivity contribution is 5.94. The van der Waals surface area contributed by atoms with Crippen molar-refractivity contribution in [3.05, 3.63) is 59.2 Å². The fraction of sp³-hybridized carbons (Fsp3) is 0.133. The Labute approximate surface area is 109 Å². The van der Waals surface area contributed by atoms with Gasteiger partial charge in [0, 0.05) is 5.56 Å². The van der Waals surface area contributed by atoms with Crippen LogP contribution in [0.25, 0.3) is 0 Å². The molecular formula is C15H12F2O2. The van der Waals surface area contributed by atoms with Crippen LogP contribution in [0.15, 0.2) is 36.4 Å². The highest BCUT2D eigenvalue weighted by Crippen LogP contribution is 2.28. The Morgan fingerprint density at radius 3 is 2.37 bits per heavy atom. The van der Waals surface area contributed by atoms with Crippen LogP contribution >= 0.6 is 0 Å². The summed E-state index contributed by atoms with van der Waals surface area (Å²) in [6, 6.07) is 8.16. The first kappa shape index (κ1) is 13.2. The van der Waals surface area contributed by atoms with E-state index in [4.69, 9.17) is 4.74 Å². The Balaban J connectivity index is 2.33. The van der Waals surface area contributed by atoms with Gasteiger partial charge in [-0.25, -0.2) is 8.78 Å². The molecule has 0 aliphatic carbocycles. The molecule has 0 N–H and O–H groups in total. The average molecular weight is 262 g/mol. The number of benzene rings is 2. The third-order valence-electron chi connectivity index (χ3n) is 2.65. The maximum Gasteiger partial charge on any atom is 0.166 e. The van der Waals surface area contributed by atoms with E-state index >= 15 is 0 Å². The van der Waals surface area contributed by atoms with Gasteiger partial charge in [0.1, 0.15) is 0 Å². The minimum atomic E-state index is -0.700. The molecule has 0 spiro atoms. The number of halogens is 2. The SMILES string of the molecule is CC(=O)c1ccc(Oc2cc(C)ccc2F)c(F)c1. The van der Waals surface area contributed by atoms with E-state index in [0.717, 1.165) is 11.6 Å². The maximum absolute atomic E-state index is 13.7. The first-order chi connectivity index (χ1) is 8.97. The summed E-state index contributed by atoms with van der Waals surface area (Å²) in [6.45, 7) is 3.12. The second kappa shape index (κ2) is 5.18. The molecule has 0 fully saturated rings. The predicted molar refractivity (Wildman–Crippen MR) is 67.6 cm³/mol. The third kappa shape index (κ3) is 2.96. The van der Waals surface area contributed by atoms with E-state index in [0.29, 0.717) is 0 Å². The fourth-order valence-electron chi connectivity index (χ4n) is 1.61. The minimum absolute atomic E-state index is 0.0468. The molecule has 4 heteroatoms. The van der Waals surface area contributed by atoms with Crippen molar-refractivity contribution in [2.75, 3.05) is 0 Å². The van der Waals surface area contributed by atoms with Crippen LogP contribution in [0.2, 0.25) is 0 Å². The number of ether oxygens (including phenoxy) is 1. The maximum atomic E-state index is 13.7. The molecule has 2 nitrogen and oxygen atoms in total. The van der Waals surface area contributed by atoms with Crippen molar-refractivity contribution in [1.82, 2.24) is 0 Å². The van der Waals surface area contributed by atoms with Crippen molar-refractivity contribution in [2.45, 2.75) is 13.8 Å². The van der Waals surface area contributed by atoms with Gasteiger partial charge in [0.25, 0.3) is 0 Å². The van der Waals surface area contributed by atoms with Gasteiger partial charge >= 0.3 is 0 Å². The highest BCUT2D eigenvalue weighted by Gasteiger charge is 2.11. The van der Waals surface area contributed by atoms with Crippen molar-refractivity contribution in [3.63, 3.8) is 0 Å². The van der Waals surface area contributed by atoms with Crippen LogP contribution in [0, 0.1) is 18.6 Å². The molecule has 0 saturated heterocycles. The molecule has 0 bridgehead atoms. The van der Waals surface area contributed by atoms with Crippen LogP contribution in [0.3, 0.4) is 0 Å². The van der Waals surface area contributed by atoms with Crippen LogP contribution in [0.5, 0.6) is 11.5 Å². The van der Waals surface area contributed by atoms with Crippen molar-refractivity contribution < 1.29 is 18.3 Å². The molecule has 19 heavy (non-hydrogen) atoms. The van der Waals surface area contributed by atoms with Crippen LogP contribution < -0.4 is 4.74 Å². The zero-order valence-corrected chi connectivity index (χ0v) is 10.5. The van der Waals surface area contributed by atoms with E-state index in [1.165, 1.54) is 31.2 Å². The van der Waals surface area contributed by atoms with Crippen molar-refractivity contribution in [2.24, 2.45) is 0 Å². The van der Waals surface area contributed by atoms with Gasteiger partial charge in [-0.15, -0.1) is 0 Å². The van der Waals surface area contributed by atoms with E-state index in [1.54, 1.807) is 13.0 Å². The lowest BCUT2D eigenvalue weighted by molar-refractivity contribution is 0.101. The molecule has 0 saturated carbocycles. The number of ketones is 1. The summed E-state index contributed by atoms with van der Waals surface area (Å²) in [7, 11) is 0. The Morgan fingerprint density at radius 1 is 1.00 bits per heavy atom. The van der Waals surface area contributed by atoms with Crippen LogP contribution in [-0.2, 0) is 0 Å². The number of carbonyl (C=O) groups excluding carboxylic acids is 1. The molecule has 0 amide bonds. The lowest BCUT2D eigenvalue weighted by atomic mass is 10.1. The number of Topliss-reactive ketones (excluding diaryl/α,β-unsaturated/α-hetero) is 1. The van der Waals surface area contributed by atoms with Gasteiger partial charge < -0.3 is 4.74 Å². The van der Waals surface area contributed by atoms with Crippen LogP contribution in [0.1, 0.15) is 22.8 Å². The molecule has 2 rings (SSSR count). The van der Waals surface area contributed by atoms with Crippen molar-refractivity contribution in [1.29, 1.82) is 0 Å². The standard InChI is InChI=1S/C15H12F2O2/c1-9-3-5-12(16)15(7-9)19-14-6-4-11(10(2)18)8-13(14)17/h3-8H,1-2H3. The van der Waals surface area contributed by atoms with Gasteiger partial charge in [-0.1, -0.05) is 6.07 Å². The van der Waals surface area contributed by atoms with Gasteiger partial charge in [0.05, 0.1) is 0 Å². The molecule has 0 heterocycles. The van der Waals surface area contributed by atoms with Gasteiger partial charge in [-0.05, 0) is 49.7 Å². The number of carbonyl (C=O) groups is 1. The normalized spacial score (nSPS) is 10.3. The predicted octanol–water partition coefficient (Wildman–Crippen LogP) is 4.27. The van der Waals surface area contributed by atoms with Crippen LogP contribution in [0.4, 0.5) is 8.78 Å². The van der Waals surface area contributed by atoms with Gasteiger partial charge in [-0.3, -0.25) is 4.79 Å². The zero-order chi connectivity index (χ0) is 14.0. The summed E-state index contributed by atoms with van der Waals surface area (Å²) in [6.07, 6.45) is 0. The lowest BCUT2D eigenvalue weighted by Crippen LogP contribution is -1.96. The second-order valence-electron chi connectivity index (χ2n) is 4.24. The summed E-state index contributed by atoms with van der Waals surface area (Å²) in [5.74, 6) is -1.68. The molecular weight excluding hydrogens is 250 g/mol. The summed E-state index contributed by atoms with van der Waals surface area (Å²) in [5, 5.41) is 0. The van der Waals surface area contributed by atoms with Gasteiger partial charge in [-0.2, -0.15) is 0 Å². The van der Waals surface area contributed by atoms with Crippen LogP contribution in [-0.4, -0.2) is 5.78 Å². The Hall–Kier alpha value is -2.23. The van der Waals surface area contributed by atoms with E-state index < -0.39 is 11.6 Å². The lowest BCUT2D eigenvalue weighted by Gasteiger charge is -2.09. The molecule has 0 radical (unpaired) electrons. The van der Waals surface area contributed by atoms with Gasteiger partial charge in [0.15, 0.2) is 28.9 Å². The summed E-state index contributed by atoms with van der Waals surface area (Å²) < 4.78 is 32.4. The number of rotatable bonds is 3. The number of hydrogen-bond donors (Lipinski definition) is 0. The van der Waals surface area contributed by atoms with E-state index in [9.17, 15) is 13.6 Å². The number of hydrogen-bond acceptors (Lipinski definition) is 2. The van der Waals surface area contributed by atoms with Crippen molar-refractivity contribution >= 4 is 5.78 Å². The smallest absolute Gasteiger partial charge is 0.166 e. The Bertz CT molecular complexity index is 636. The molecule has 0 aliphatic rings. The summed E-state index contributed by atoms with van der Waals surface area (Å²) in [4.78, 5) is 11.1. The molecule has 0 unspecified atom stereocenters. The van der Waals surface area contributed by atoms with E-state index in [1.807, 2.05) is 0 Å². The summed E-state index contributed by atoms with van der Waals surface area (Å²) in [5.41, 5.74) is 1.05. The molecule has 0 atom stereocenters. The molecule has 0 aliphatic heterocycles. The first-order valence-electron chi connectivity index (χ1n) is 5.72. The highest BCUT2D eigenvalue weighted by atomic mass is 19.1. The Morgan fingerprint density at radius 2 is 1.74 bits per heavy atom. The van der Waals surface area contributed by atoms with Crippen molar-refractivity contribution in [3.8, 4) is 11.5 Å². The third-order valence-corrected chi connectivity index (χ3v) is 2.65.